The summed E-state index contributed by atoms with van der Waals surface area (Å²) < 4.78 is 7.50. The van der Waals surface area contributed by atoms with Crippen molar-refractivity contribution in [3.05, 3.63) is 34.2 Å². The van der Waals surface area contributed by atoms with E-state index < -0.39 is 0 Å². The van der Waals surface area contributed by atoms with Gasteiger partial charge in [-0.15, -0.1) is 0 Å². The fraction of sp³-hybridized carbons (Fsp3) is 0.500. The van der Waals surface area contributed by atoms with E-state index in [2.05, 4.69) is 23.2 Å². The Labute approximate surface area is 124 Å². The minimum atomic E-state index is -0.137. The highest BCUT2D eigenvalue weighted by atomic mass is 16.5. The number of ether oxygens (including phenoxy) is 1. The summed E-state index contributed by atoms with van der Waals surface area (Å²) >= 11 is 0. The maximum Gasteiger partial charge on any atom is 0.343 e. The molecular formula is C16H21N3O2. The lowest BCUT2D eigenvalue weighted by molar-refractivity contribution is 0.305. The minimum absolute atomic E-state index is 0.137. The number of unbranched alkanes of at least 4 members (excludes halogenated alkanes) is 3. The zero-order valence-corrected chi connectivity index (χ0v) is 12.4. The lowest BCUT2D eigenvalue weighted by Crippen LogP contribution is -2.22. The summed E-state index contributed by atoms with van der Waals surface area (Å²) in [6.07, 6.45) is 5.64. The van der Waals surface area contributed by atoms with E-state index in [1.807, 2.05) is 12.1 Å². The third kappa shape index (κ3) is 2.86. The molecule has 1 aromatic heterocycles. The Hall–Kier alpha value is -2.04. The first-order valence-corrected chi connectivity index (χ1v) is 7.71. The summed E-state index contributed by atoms with van der Waals surface area (Å²) in [5.41, 5.74) is 2.09. The number of aromatic amines is 1. The standard InChI is InChI=1S/C16H21N3O2/c1-2-3-4-5-10-21-13-7-6-12-8-9-19-15(14(12)11-13)17-18-16(19)20/h6-7,11H,2-5,8-10H2,1H3,(H,18,20). The summed E-state index contributed by atoms with van der Waals surface area (Å²) in [4.78, 5) is 11.6. The topological polar surface area (TPSA) is 59.9 Å². The molecule has 0 amide bonds. The quantitative estimate of drug-likeness (QED) is 0.831. The highest BCUT2D eigenvalue weighted by molar-refractivity contribution is 5.64. The van der Waals surface area contributed by atoms with Crippen LogP contribution in [-0.2, 0) is 13.0 Å². The van der Waals surface area contributed by atoms with Crippen LogP contribution in [-0.4, -0.2) is 21.4 Å². The molecule has 21 heavy (non-hydrogen) atoms. The first-order chi connectivity index (χ1) is 10.3. The van der Waals surface area contributed by atoms with Gasteiger partial charge in [-0.2, -0.15) is 5.10 Å². The highest BCUT2D eigenvalue weighted by Gasteiger charge is 2.20. The highest BCUT2D eigenvalue weighted by Crippen LogP contribution is 2.30. The molecular weight excluding hydrogens is 266 g/mol. The Morgan fingerprint density at radius 2 is 2.24 bits per heavy atom. The summed E-state index contributed by atoms with van der Waals surface area (Å²) in [5, 5.41) is 6.65. The van der Waals surface area contributed by atoms with Crippen molar-refractivity contribution < 1.29 is 4.74 Å². The van der Waals surface area contributed by atoms with E-state index in [1.165, 1.54) is 24.8 Å². The second-order valence-corrected chi connectivity index (χ2v) is 5.48. The number of aromatic nitrogens is 3. The molecule has 0 saturated carbocycles. The molecule has 2 heterocycles. The summed E-state index contributed by atoms with van der Waals surface area (Å²) in [7, 11) is 0. The van der Waals surface area contributed by atoms with Crippen molar-refractivity contribution in [2.45, 2.75) is 45.6 Å². The molecule has 0 atom stereocenters. The Kier molecular flexibility index (Phi) is 4.08. The van der Waals surface area contributed by atoms with Gasteiger partial charge in [0.25, 0.3) is 0 Å². The number of nitrogens with one attached hydrogen (secondary N) is 1. The third-order valence-corrected chi connectivity index (χ3v) is 3.95. The molecule has 1 aliphatic heterocycles. The SMILES string of the molecule is CCCCCCOc1ccc2c(c1)-c1n[nH]c(=O)n1CC2. The van der Waals surface area contributed by atoms with Crippen molar-refractivity contribution in [1.82, 2.24) is 14.8 Å². The lowest BCUT2D eigenvalue weighted by Gasteiger charge is -2.17. The minimum Gasteiger partial charge on any atom is -0.494 e. The normalized spacial score (nSPS) is 12.8. The van der Waals surface area contributed by atoms with Crippen LogP contribution in [0.4, 0.5) is 0 Å². The van der Waals surface area contributed by atoms with Crippen molar-refractivity contribution in [2.75, 3.05) is 6.61 Å². The van der Waals surface area contributed by atoms with Gasteiger partial charge in [-0.25, -0.2) is 9.89 Å². The van der Waals surface area contributed by atoms with Crippen LogP contribution in [0.2, 0.25) is 0 Å². The number of aryl methyl sites for hydroxylation is 1. The van der Waals surface area contributed by atoms with Crippen molar-refractivity contribution >= 4 is 0 Å². The van der Waals surface area contributed by atoms with Gasteiger partial charge in [-0.1, -0.05) is 32.3 Å². The van der Waals surface area contributed by atoms with Gasteiger partial charge in [0.05, 0.1) is 6.61 Å². The van der Waals surface area contributed by atoms with Crippen molar-refractivity contribution in [1.29, 1.82) is 0 Å². The monoisotopic (exact) mass is 287 g/mol. The zero-order chi connectivity index (χ0) is 14.7. The average Bonchev–Trinajstić information content (AvgIpc) is 2.89. The molecule has 1 N–H and O–H groups in total. The van der Waals surface area contributed by atoms with Crippen LogP contribution < -0.4 is 10.4 Å². The van der Waals surface area contributed by atoms with Crippen molar-refractivity contribution in [3.63, 3.8) is 0 Å². The largest absolute Gasteiger partial charge is 0.494 e. The molecule has 0 saturated heterocycles. The number of benzene rings is 1. The van der Waals surface area contributed by atoms with Crippen molar-refractivity contribution in [2.24, 2.45) is 0 Å². The second-order valence-electron chi connectivity index (χ2n) is 5.48. The van der Waals surface area contributed by atoms with E-state index >= 15 is 0 Å². The maximum absolute atomic E-state index is 11.6. The van der Waals surface area contributed by atoms with Crippen LogP contribution in [0.1, 0.15) is 38.2 Å². The maximum atomic E-state index is 11.6. The fourth-order valence-electron chi connectivity index (χ4n) is 2.75. The molecule has 5 nitrogen and oxygen atoms in total. The van der Waals surface area contributed by atoms with Crippen LogP contribution in [0, 0.1) is 0 Å². The predicted octanol–water partition coefficient (Wildman–Crippen LogP) is 2.75. The van der Waals surface area contributed by atoms with Gasteiger partial charge in [0.15, 0.2) is 5.82 Å². The Morgan fingerprint density at radius 3 is 3.10 bits per heavy atom. The third-order valence-electron chi connectivity index (χ3n) is 3.95. The molecule has 112 valence electrons. The number of hydrogen-bond acceptors (Lipinski definition) is 3. The molecule has 3 rings (SSSR count). The van der Waals surface area contributed by atoms with Crippen LogP contribution in [0.25, 0.3) is 11.4 Å². The van der Waals surface area contributed by atoms with Crippen LogP contribution >= 0.6 is 0 Å². The number of hydrogen-bond donors (Lipinski definition) is 1. The molecule has 1 aliphatic rings. The molecule has 5 heteroatoms. The van der Waals surface area contributed by atoms with E-state index in [-0.39, 0.29) is 5.69 Å². The first-order valence-electron chi connectivity index (χ1n) is 7.71. The molecule has 0 aliphatic carbocycles. The van der Waals surface area contributed by atoms with E-state index in [0.717, 1.165) is 36.6 Å². The fourth-order valence-corrected chi connectivity index (χ4v) is 2.75. The number of H-pyrrole nitrogens is 1. The van der Waals surface area contributed by atoms with Crippen LogP contribution in [0.3, 0.4) is 0 Å². The van der Waals surface area contributed by atoms with E-state index in [0.29, 0.717) is 6.54 Å². The van der Waals surface area contributed by atoms with Crippen LogP contribution in [0.15, 0.2) is 23.0 Å². The predicted molar refractivity (Wildman–Crippen MR) is 81.6 cm³/mol. The average molecular weight is 287 g/mol. The van der Waals surface area contributed by atoms with E-state index in [1.54, 1.807) is 4.57 Å². The summed E-state index contributed by atoms with van der Waals surface area (Å²) in [5.74, 6) is 1.58. The lowest BCUT2D eigenvalue weighted by atomic mass is 10.0. The second kappa shape index (κ2) is 6.16. The summed E-state index contributed by atoms with van der Waals surface area (Å²) in [6, 6.07) is 6.10. The van der Waals surface area contributed by atoms with Gasteiger partial charge < -0.3 is 4.74 Å². The molecule has 2 aromatic rings. The Morgan fingerprint density at radius 1 is 1.33 bits per heavy atom. The van der Waals surface area contributed by atoms with Crippen molar-refractivity contribution in [3.8, 4) is 17.1 Å². The van der Waals surface area contributed by atoms with E-state index in [9.17, 15) is 4.79 Å². The Bertz CT molecular complexity index is 672. The zero-order valence-electron chi connectivity index (χ0n) is 12.4. The number of rotatable bonds is 6. The van der Waals surface area contributed by atoms with Gasteiger partial charge >= 0.3 is 5.69 Å². The number of fused-ring (bicyclic) bond motifs is 3. The van der Waals surface area contributed by atoms with Crippen LogP contribution in [0.5, 0.6) is 5.75 Å². The van der Waals surface area contributed by atoms with E-state index in [4.69, 9.17) is 4.74 Å². The van der Waals surface area contributed by atoms with Gasteiger partial charge in [-0.05, 0) is 30.5 Å². The molecule has 0 radical (unpaired) electrons. The smallest absolute Gasteiger partial charge is 0.343 e. The molecule has 0 fully saturated rings. The first kappa shape index (κ1) is 13.9. The van der Waals surface area contributed by atoms with Gasteiger partial charge in [0.1, 0.15) is 5.75 Å². The molecule has 0 spiro atoms. The Balaban J connectivity index is 1.74. The van der Waals surface area contributed by atoms with Gasteiger partial charge in [0, 0.05) is 12.1 Å². The summed E-state index contributed by atoms with van der Waals surface area (Å²) in [6.45, 7) is 3.63. The number of nitrogens with zero attached hydrogens (tertiary/aromatic N) is 2. The molecule has 1 aromatic carbocycles. The molecule has 0 unspecified atom stereocenters. The molecule has 0 bridgehead atoms. The van der Waals surface area contributed by atoms with Gasteiger partial charge in [-0.3, -0.25) is 4.57 Å². The van der Waals surface area contributed by atoms with Gasteiger partial charge in [0.2, 0.25) is 0 Å².